The van der Waals surface area contributed by atoms with Gasteiger partial charge in [-0.1, -0.05) is 66.7 Å². The van der Waals surface area contributed by atoms with Crippen LogP contribution in [0, 0.1) is 0 Å². The van der Waals surface area contributed by atoms with E-state index in [1.54, 1.807) is 24.3 Å². The van der Waals surface area contributed by atoms with Crippen LogP contribution in [0.3, 0.4) is 0 Å². The number of benzene rings is 3. The zero-order valence-corrected chi connectivity index (χ0v) is 25.9. The summed E-state index contributed by atoms with van der Waals surface area (Å²) in [5, 5.41) is 12.7. The lowest BCUT2D eigenvalue weighted by atomic mass is 10.1. The Morgan fingerprint density at radius 3 is 1.83 bits per heavy atom. The van der Waals surface area contributed by atoms with E-state index in [1.807, 2.05) is 42.5 Å². The molecule has 1 heterocycles. The van der Waals surface area contributed by atoms with Crippen LogP contribution in [-0.4, -0.2) is 79.8 Å². The van der Waals surface area contributed by atoms with E-state index in [4.69, 9.17) is 15.2 Å². The van der Waals surface area contributed by atoms with Crippen molar-refractivity contribution < 1.29 is 19.1 Å². The van der Waals surface area contributed by atoms with Gasteiger partial charge in [0.25, 0.3) is 5.91 Å². The fourth-order valence-electron chi connectivity index (χ4n) is 4.36. The van der Waals surface area contributed by atoms with Gasteiger partial charge in [0.05, 0.1) is 26.4 Å². The molecule has 0 radical (unpaired) electrons. The normalized spacial score (nSPS) is 10.7. The maximum atomic E-state index is 12.5. The lowest BCUT2D eigenvalue weighted by molar-refractivity contribution is 0.0511. The number of nitrogens with zero attached hydrogens (tertiary/aromatic N) is 3. The number of hydrogen-bond donors (Lipinski definition) is 5. The molecule has 4 aromatic rings. The third-order valence-electron chi connectivity index (χ3n) is 6.82. The zero-order chi connectivity index (χ0) is 32.2. The number of amides is 1. The van der Waals surface area contributed by atoms with Crippen molar-refractivity contribution in [1.29, 1.82) is 0 Å². The van der Waals surface area contributed by atoms with Gasteiger partial charge in [0.15, 0.2) is 0 Å². The standard InChI is InChI=1S/C34H42N8O4/c35-16-20-45-22-23-46-21-19-36-31(44)30-12-10-28(11-13-30)24-39-34-41-32(37-17-14-26-4-2-1-3-5-26)40-33(42-34)38-18-15-27-6-8-29(25-43)9-7-27/h1-13,25H,14-24,35H2,(H,36,44)(H3,37,38,39,40,41,42). The van der Waals surface area contributed by atoms with Gasteiger partial charge >= 0.3 is 0 Å². The van der Waals surface area contributed by atoms with Crippen molar-refractivity contribution in [3.05, 3.63) is 107 Å². The van der Waals surface area contributed by atoms with Crippen molar-refractivity contribution in [3.63, 3.8) is 0 Å². The van der Waals surface area contributed by atoms with Crippen LogP contribution in [0.1, 0.15) is 37.4 Å². The maximum absolute atomic E-state index is 12.5. The summed E-state index contributed by atoms with van der Waals surface area (Å²) in [6.45, 7) is 4.46. The molecule has 12 heteroatoms. The summed E-state index contributed by atoms with van der Waals surface area (Å²) in [6, 6.07) is 25.1. The summed E-state index contributed by atoms with van der Waals surface area (Å²) in [7, 11) is 0. The van der Waals surface area contributed by atoms with E-state index in [1.165, 1.54) is 5.56 Å². The highest BCUT2D eigenvalue weighted by Gasteiger charge is 2.09. The molecule has 0 aliphatic carbocycles. The van der Waals surface area contributed by atoms with Gasteiger partial charge in [-0.3, -0.25) is 9.59 Å². The highest BCUT2D eigenvalue weighted by atomic mass is 16.5. The zero-order valence-electron chi connectivity index (χ0n) is 25.9. The fraction of sp³-hybridized carbons (Fsp3) is 0.324. The molecule has 12 nitrogen and oxygen atoms in total. The first kappa shape index (κ1) is 34.0. The van der Waals surface area contributed by atoms with Crippen LogP contribution >= 0.6 is 0 Å². The first-order valence-electron chi connectivity index (χ1n) is 15.4. The number of nitrogens with two attached hydrogens (primary N) is 1. The van der Waals surface area contributed by atoms with Gasteiger partial charge in [0.1, 0.15) is 6.29 Å². The molecule has 0 spiro atoms. The summed E-state index contributed by atoms with van der Waals surface area (Å²) in [4.78, 5) is 37.1. The highest BCUT2D eigenvalue weighted by Crippen LogP contribution is 2.13. The lowest BCUT2D eigenvalue weighted by Gasteiger charge is -2.12. The Morgan fingerprint density at radius 2 is 1.22 bits per heavy atom. The van der Waals surface area contributed by atoms with Crippen LogP contribution in [-0.2, 0) is 28.9 Å². The maximum Gasteiger partial charge on any atom is 0.251 e. The summed E-state index contributed by atoms with van der Waals surface area (Å²) >= 11 is 0. The van der Waals surface area contributed by atoms with Gasteiger partial charge in [-0.2, -0.15) is 15.0 Å². The quantitative estimate of drug-likeness (QED) is 0.0680. The molecule has 242 valence electrons. The SMILES string of the molecule is NCCOCCOCCNC(=O)c1ccc(CNc2nc(NCCc3ccccc3)nc(NCCc3ccc(C=O)cc3)n2)cc1. The minimum absolute atomic E-state index is 0.165. The molecular weight excluding hydrogens is 584 g/mol. The van der Waals surface area contributed by atoms with Crippen LogP contribution in [0.5, 0.6) is 0 Å². The molecule has 0 aliphatic heterocycles. The van der Waals surface area contributed by atoms with Gasteiger partial charge in [-0.15, -0.1) is 0 Å². The van der Waals surface area contributed by atoms with E-state index in [2.05, 4.69) is 48.4 Å². The minimum atomic E-state index is -0.165. The Morgan fingerprint density at radius 1 is 0.652 bits per heavy atom. The number of aromatic nitrogens is 3. The molecule has 0 saturated heterocycles. The van der Waals surface area contributed by atoms with E-state index >= 15 is 0 Å². The summed E-state index contributed by atoms with van der Waals surface area (Å²) < 4.78 is 10.7. The number of anilines is 3. The summed E-state index contributed by atoms with van der Waals surface area (Å²) in [5.41, 5.74) is 9.86. The number of aldehydes is 1. The summed E-state index contributed by atoms with van der Waals surface area (Å²) in [6.07, 6.45) is 2.40. The third kappa shape index (κ3) is 12.2. The van der Waals surface area contributed by atoms with E-state index in [0.717, 1.165) is 30.3 Å². The molecule has 0 saturated carbocycles. The number of ether oxygens (including phenoxy) is 2. The molecule has 1 amide bonds. The van der Waals surface area contributed by atoms with Crippen LogP contribution in [0.2, 0.25) is 0 Å². The Hall–Kier alpha value is -4.91. The fourth-order valence-corrected chi connectivity index (χ4v) is 4.36. The molecule has 46 heavy (non-hydrogen) atoms. The number of carbonyl (C=O) groups excluding carboxylic acids is 2. The van der Waals surface area contributed by atoms with Crippen molar-refractivity contribution in [3.8, 4) is 0 Å². The molecule has 3 aromatic carbocycles. The third-order valence-corrected chi connectivity index (χ3v) is 6.82. The van der Waals surface area contributed by atoms with Crippen molar-refractivity contribution in [2.75, 3.05) is 68.6 Å². The van der Waals surface area contributed by atoms with Gasteiger partial charge in [0.2, 0.25) is 17.8 Å². The van der Waals surface area contributed by atoms with Crippen LogP contribution in [0.4, 0.5) is 17.8 Å². The van der Waals surface area contributed by atoms with Crippen molar-refractivity contribution in [2.45, 2.75) is 19.4 Å². The smallest absolute Gasteiger partial charge is 0.251 e. The second-order valence-corrected chi connectivity index (χ2v) is 10.3. The molecule has 0 unspecified atom stereocenters. The number of carbonyl (C=O) groups is 2. The van der Waals surface area contributed by atoms with Crippen LogP contribution < -0.4 is 27.0 Å². The number of hydrogen-bond acceptors (Lipinski definition) is 11. The predicted octanol–water partition coefficient (Wildman–Crippen LogP) is 3.33. The second-order valence-electron chi connectivity index (χ2n) is 10.3. The first-order valence-corrected chi connectivity index (χ1v) is 15.4. The van der Waals surface area contributed by atoms with Crippen molar-refractivity contribution in [1.82, 2.24) is 20.3 Å². The Kier molecular flexibility index (Phi) is 14.4. The lowest BCUT2D eigenvalue weighted by Crippen LogP contribution is -2.27. The van der Waals surface area contributed by atoms with E-state index < -0.39 is 0 Å². The topological polar surface area (TPSA) is 165 Å². The van der Waals surface area contributed by atoms with Crippen LogP contribution in [0.25, 0.3) is 0 Å². The Labute approximate surface area is 269 Å². The molecule has 4 rings (SSSR count). The first-order chi connectivity index (χ1) is 22.6. The average molecular weight is 627 g/mol. The molecule has 1 aromatic heterocycles. The van der Waals surface area contributed by atoms with Gasteiger partial charge in [0, 0.05) is 43.9 Å². The Balaban J connectivity index is 1.29. The monoisotopic (exact) mass is 626 g/mol. The predicted molar refractivity (Wildman–Crippen MR) is 179 cm³/mol. The van der Waals surface area contributed by atoms with E-state index in [9.17, 15) is 9.59 Å². The van der Waals surface area contributed by atoms with Gasteiger partial charge < -0.3 is 36.5 Å². The van der Waals surface area contributed by atoms with E-state index in [-0.39, 0.29) is 5.91 Å². The molecule has 6 N–H and O–H groups in total. The highest BCUT2D eigenvalue weighted by molar-refractivity contribution is 5.94. The second kappa shape index (κ2) is 19.5. The van der Waals surface area contributed by atoms with Gasteiger partial charge in [-0.05, 0) is 41.7 Å². The van der Waals surface area contributed by atoms with Crippen molar-refractivity contribution >= 4 is 30.0 Å². The van der Waals surface area contributed by atoms with E-state index in [0.29, 0.717) is 88.1 Å². The van der Waals surface area contributed by atoms with Crippen molar-refractivity contribution in [2.24, 2.45) is 5.73 Å². The number of rotatable bonds is 21. The molecule has 0 fully saturated rings. The molecular formula is C34H42N8O4. The molecule has 0 bridgehead atoms. The average Bonchev–Trinajstić information content (AvgIpc) is 3.09. The minimum Gasteiger partial charge on any atom is -0.378 e. The molecule has 0 atom stereocenters. The Bertz CT molecular complexity index is 1470. The number of nitrogens with one attached hydrogen (secondary N) is 4. The largest absolute Gasteiger partial charge is 0.378 e. The van der Waals surface area contributed by atoms with Gasteiger partial charge in [-0.25, -0.2) is 0 Å². The molecule has 0 aliphatic rings. The summed E-state index contributed by atoms with van der Waals surface area (Å²) in [5.74, 6) is 1.17. The van der Waals surface area contributed by atoms with Crippen LogP contribution in [0.15, 0.2) is 78.9 Å².